The molecule has 2 N–H and O–H groups in total. The number of carbonyl (C=O) groups excluding carboxylic acids is 1. The van der Waals surface area contributed by atoms with Gasteiger partial charge in [-0.1, -0.05) is 31.1 Å². The first-order valence-corrected chi connectivity index (χ1v) is 12.0. The molecule has 0 unspecified atom stereocenters. The van der Waals surface area contributed by atoms with Crippen molar-refractivity contribution >= 4 is 16.9 Å². The number of aryl methyl sites for hydroxylation is 1. The molecule has 0 aliphatic carbocycles. The van der Waals surface area contributed by atoms with Gasteiger partial charge in [0, 0.05) is 51.9 Å². The maximum Gasteiger partial charge on any atom is 0.438 e. The Balaban J connectivity index is 1.62. The normalized spacial score (nSPS) is 18.6. The molecule has 0 radical (unpaired) electrons. The minimum atomic E-state index is -0.561. The number of carbonyl (C=O) groups is 1. The number of aromatic nitrogens is 4. The lowest BCUT2D eigenvalue weighted by atomic mass is 9.93. The zero-order valence-corrected chi connectivity index (χ0v) is 20.1. The van der Waals surface area contributed by atoms with Gasteiger partial charge in [-0.15, -0.1) is 0 Å². The third-order valence-corrected chi connectivity index (χ3v) is 6.26. The Morgan fingerprint density at radius 1 is 1.29 bits per heavy atom. The van der Waals surface area contributed by atoms with Crippen LogP contribution in [0.2, 0.25) is 0 Å². The number of piperidine rings is 1. The molecule has 1 saturated heterocycles. The highest BCUT2D eigenvalue weighted by molar-refractivity contribution is 5.95. The second kappa shape index (κ2) is 11.0. The number of H-pyrrole nitrogens is 1. The van der Waals surface area contributed by atoms with E-state index >= 15 is 0 Å². The van der Waals surface area contributed by atoms with E-state index in [1.54, 1.807) is 7.11 Å². The number of benzene rings is 1. The zero-order valence-electron chi connectivity index (χ0n) is 20.1. The lowest BCUT2D eigenvalue weighted by Gasteiger charge is -2.38. The van der Waals surface area contributed by atoms with Crippen LogP contribution in [0.15, 0.2) is 33.6 Å². The first kappa shape index (κ1) is 24.2. The molecule has 2 atom stereocenters. The summed E-state index contributed by atoms with van der Waals surface area (Å²) >= 11 is 0. The van der Waals surface area contributed by atoms with Crippen molar-refractivity contribution in [3.05, 3.63) is 46.5 Å². The second-order valence-electron chi connectivity index (χ2n) is 9.35. The first-order valence-electron chi connectivity index (χ1n) is 12.0. The number of aromatic amines is 1. The summed E-state index contributed by atoms with van der Waals surface area (Å²) in [6.45, 7) is 7.56. The third-order valence-electron chi connectivity index (χ3n) is 6.26. The van der Waals surface area contributed by atoms with Crippen molar-refractivity contribution in [2.75, 3.05) is 33.4 Å². The molecule has 0 spiro atoms. The molecule has 1 aliphatic rings. The van der Waals surface area contributed by atoms with E-state index in [1.807, 2.05) is 33.7 Å². The van der Waals surface area contributed by atoms with E-state index in [2.05, 4.69) is 29.3 Å². The number of unbranched alkanes of at least 4 members (excludes halogenated alkanes) is 1. The molecule has 3 heterocycles. The van der Waals surface area contributed by atoms with Gasteiger partial charge in [0.25, 0.3) is 5.91 Å². The average molecular weight is 471 g/mol. The molecule has 3 aromatic rings. The minimum absolute atomic E-state index is 0.0412. The van der Waals surface area contributed by atoms with E-state index in [1.165, 1.54) is 0 Å². The van der Waals surface area contributed by atoms with Gasteiger partial charge in [-0.3, -0.25) is 14.3 Å². The van der Waals surface area contributed by atoms with Crippen molar-refractivity contribution in [1.29, 1.82) is 0 Å². The Morgan fingerprint density at radius 3 is 2.85 bits per heavy atom. The molecule has 2 aromatic heterocycles. The van der Waals surface area contributed by atoms with E-state index in [4.69, 9.17) is 14.2 Å². The van der Waals surface area contributed by atoms with Gasteiger partial charge >= 0.3 is 5.76 Å². The molecule has 1 aliphatic heterocycles. The van der Waals surface area contributed by atoms with Gasteiger partial charge in [0.1, 0.15) is 0 Å². The summed E-state index contributed by atoms with van der Waals surface area (Å²) in [7, 11) is 1.70. The summed E-state index contributed by atoms with van der Waals surface area (Å²) in [5, 5.41) is 7.28. The summed E-state index contributed by atoms with van der Waals surface area (Å²) in [5.41, 5.74) is 1.79. The van der Waals surface area contributed by atoms with Gasteiger partial charge in [0.05, 0.1) is 11.0 Å². The molecule has 10 nitrogen and oxygen atoms in total. The van der Waals surface area contributed by atoms with Gasteiger partial charge in [0.2, 0.25) is 0 Å². The van der Waals surface area contributed by atoms with Gasteiger partial charge in [-0.05, 0) is 37.3 Å². The van der Waals surface area contributed by atoms with E-state index in [0.717, 1.165) is 23.9 Å². The topological polar surface area (TPSA) is 118 Å². The second-order valence-corrected chi connectivity index (χ2v) is 9.35. The van der Waals surface area contributed by atoms with Gasteiger partial charge < -0.3 is 19.5 Å². The number of ether oxygens (including phenoxy) is 1. The summed E-state index contributed by atoms with van der Waals surface area (Å²) < 4.78 is 11.9. The number of rotatable bonds is 10. The highest BCUT2D eigenvalue weighted by Gasteiger charge is 2.34. The average Bonchev–Trinajstić information content (AvgIpc) is 3.43. The predicted molar refractivity (Wildman–Crippen MR) is 128 cm³/mol. The Hall–Kier alpha value is -2.98. The first-order chi connectivity index (χ1) is 16.5. The molecular weight excluding hydrogens is 436 g/mol. The van der Waals surface area contributed by atoms with Crippen molar-refractivity contribution in [1.82, 2.24) is 29.9 Å². The SMILES string of the molecule is COCCCCn1c(C(=O)N(CC(C)C)[C@@H]2CNC[C@H](c3noc(=O)[nH]3)C2)nc2ccccc21. The number of nitrogens with zero attached hydrogens (tertiary/aromatic N) is 4. The fourth-order valence-electron chi connectivity index (χ4n) is 4.68. The highest BCUT2D eigenvalue weighted by atomic mass is 16.5. The lowest BCUT2D eigenvalue weighted by molar-refractivity contribution is 0.0590. The van der Waals surface area contributed by atoms with Crippen molar-refractivity contribution in [3.63, 3.8) is 0 Å². The monoisotopic (exact) mass is 470 g/mol. The van der Waals surface area contributed by atoms with E-state index in [-0.39, 0.29) is 23.8 Å². The Kier molecular flexibility index (Phi) is 7.79. The number of fused-ring (bicyclic) bond motifs is 1. The molecule has 1 fully saturated rings. The van der Waals surface area contributed by atoms with E-state index in [0.29, 0.717) is 50.9 Å². The van der Waals surface area contributed by atoms with Gasteiger partial charge in [-0.25, -0.2) is 9.78 Å². The van der Waals surface area contributed by atoms with Crippen molar-refractivity contribution < 1.29 is 14.1 Å². The van der Waals surface area contributed by atoms with Crippen LogP contribution in [0.25, 0.3) is 11.0 Å². The fourth-order valence-corrected chi connectivity index (χ4v) is 4.68. The number of amides is 1. The maximum absolute atomic E-state index is 14.0. The quantitative estimate of drug-likeness (QED) is 0.437. The maximum atomic E-state index is 14.0. The van der Waals surface area contributed by atoms with Crippen LogP contribution in [0.3, 0.4) is 0 Å². The standard InChI is InChI=1S/C24H34N6O4/c1-16(2)15-30(18-12-17(13-25-14-18)21-27-24(32)34-28-21)23(31)22-26-19-8-4-5-9-20(19)29(22)10-6-7-11-33-3/h4-5,8-9,16-18,25H,6-7,10-15H2,1-3H3,(H,27,28,32)/t17-,18+/m1/s1. The van der Waals surface area contributed by atoms with Crippen LogP contribution in [0, 0.1) is 5.92 Å². The third kappa shape index (κ3) is 5.39. The molecule has 4 rings (SSSR count). The van der Waals surface area contributed by atoms with Crippen molar-refractivity contribution in [3.8, 4) is 0 Å². The van der Waals surface area contributed by atoms with Crippen LogP contribution in [-0.2, 0) is 11.3 Å². The number of methoxy groups -OCH3 is 1. The minimum Gasteiger partial charge on any atom is -0.385 e. The van der Waals surface area contributed by atoms with Crippen LogP contribution in [0.1, 0.15) is 55.5 Å². The molecule has 1 aromatic carbocycles. The van der Waals surface area contributed by atoms with Crippen LogP contribution < -0.4 is 11.1 Å². The number of hydrogen-bond donors (Lipinski definition) is 2. The highest BCUT2D eigenvalue weighted by Crippen LogP contribution is 2.26. The Labute approximate surface area is 198 Å². The van der Waals surface area contributed by atoms with Gasteiger partial charge in [0.15, 0.2) is 11.6 Å². The molecular formula is C24H34N6O4. The number of para-hydroxylation sites is 2. The summed E-state index contributed by atoms with van der Waals surface area (Å²) in [6.07, 6.45) is 2.49. The zero-order chi connectivity index (χ0) is 24.1. The summed E-state index contributed by atoms with van der Waals surface area (Å²) in [4.78, 5) is 34.8. The van der Waals surface area contributed by atoms with Gasteiger partial charge in [-0.2, -0.15) is 0 Å². The fraction of sp³-hybridized carbons (Fsp3) is 0.583. The molecule has 1 amide bonds. The predicted octanol–water partition coefficient (Wildman–Crippen LogP) is 2.38. The number of imidazole rings is 1. The molecule has 184 valence electrons. The largest absolute Gasteiger partial charge is 0.438 e. The molecule has 0 bridgehead atoms. The van der Waals surface area contributed by atoms with Crippen molar-refractivity contribution in [2.45, 2.75) is 51.6 Å². The smallest absolute Gasteiger partial charge is 0.385 e. The van der Waals surface area contributed by atoms with Crippen LogP contribution >= 0.6 is 0 Å². The number of hydrogen-bond acceptors (Lipinski definition) is 7. The van der Waals surface area contributed by atoms with E-state index < -0.39 is 5.76 Å². The van der Waals surface area contributed by atoms with Crippen LogP contribution in [-0.4, -0.2) is 69.9 Å². The Bertz CT molecular complexity index is 1150. The lowest BCUT2D eigenvalue weighted by Crippen LogP contribution is -2.52. The van der Waals surface area contributed by atoms with Crippen LogP contribution in [0.4, 0.5) is 0 Å². The van der Waals surface area contributed by atoms with Crippen LogP contribution in [0.5, 0.6) is 0 Å². The molecule has 0 saturated carbocycles. The summed E-state index contributed by atoms with van der Waals surface area (Å²) in [6, 6.07) is 7.82. The molecule has 10 heteroatoms. The molecule has 34 heavy (non-hydrogen) atoms. The number of nitrogens with one attached hydrogen (secondary N) is 2. The van der Waals surface area contributed by atoms with E-state index in [9.17, 15) is 9.59 Å². The van der Waals surface area contributed by atoms with Crippen molar-refractivity contribution in [2.24, 2.45) is 5.92 Å². The summed E-state index contributed by atoms with van der Waals surface area (Å²) in [5.74, 6) is 0.601. The Morgan fingerprint density at radius 2 is 2.12 bits per heavy atom.